The zero-order chi connectivity index (χ0) is 46.5. The Kier molecular flexibility index (Phi) is 17.6. The predicted molar refractivity (Wildman–Crippen MR) is 250 cm³/mol. The highest BCUT2D eigenvalue weighted by atomic mass is 35.5. The lowest BCUT2D eigenvalue weighted by Gasteiger charge is -2.23. The van der Waals surface area contributed by atoms with Gasteiger partial charge in [0, 0.05) is 72.8 Å². The molecule has 2 aliphatic carbocycles. The van der Waals surface area contributed by atoms with E-state index < -0.39 is 5.78 Å². The number of anilines is 4. The summed E-state index contributed by atoms with van der Waals surface area (Å²) in [4.78, 5) is 107. The van der Waals surface area contributed by atoms with Gasteiger partial charge in [0.15, 0.2) is 23.1 Å². The molecule has 16 heteroatoms. The van der Waals surface area contributed by atoms with Gasteiger partial charge in [-0.1, -0.05) is 76.2 Å². The molecule has 4 aromatic rings. The molecule has 14 nitrogen and oxygen atoms in total. The van der Waals surface area contributed by atoms with Crippen molar-refractivity contribution in [3.63, 3.8) is 0 Å². The molecule has 0 atom stereocenters. The molecular weight excluding hydrogens is 859 g/mol. The number of hydrogen-bond donors (Lipinski definition) is 4. The van der Waals surface area contributed by atoms with Gasteiger partial charge in [0.05, 0.1) is 45.0 Å². The van der Waals surface area contributed by atoms with Crippen LogP contribution in [0.25, 0.3) is 0 Å². The van der Waals surface area contributed by atoms with E-state index in [1.165, 1.54) is 12.1 Å². The zero-order valence-corrected chi connectivity index (χ0v) is 37.8. The lowest BCUT2D eigenvalue weighted by atomic mass is 9.82. The van der Waals surface area contributed by atoms with Crippen molar-refractivity contribution in [2.75, 3.05) is 72.3 Å². The minimum absolute atomic E-state index is 0.0731. The Balaban J connectivity index is 0.000000248. The highest BCUT2D eigenvalue weighted by molar-refractivity contribution is 6.34. The Morgan fingerprint density at radius 3 is 0.891 bits per heavy atom. The molecule has 64 heavy (non-hydrogen) atoms. The molecule has 0 bridgehead atoms. The Morgan fingerprint density at radius 2 is 0.656 bits per heavy atom. The molecule has 0 radical (unpaired) electrons. The Labute approximate surface area is 382 Å². The maximum Gasteiger partial charge on any atom is 0.225 e. The van der Waals surface area contributed by atoms with E-state index in [-0.39, 0.29) is 134 Å². The maximum absolute atomic E-state index is 13.7. The molecule has 4 amide bonds. The number of benzene rings is 4. The fourth-order valence-electron chi connectivity index (χ4n) is 7.52. The van der Waals surface area contributed by atoms with E-state index in [1.54, 1.807) is 60.7 Å². The molecule has 0 saturated carbocycles. The van der Waals surface area contributed by atoms with E-state index in [9.17, 15) is 38.4 Å². The number of carbonyl (C=O) groups is 8. The summed E-state index contributed by atoms with van der Waals surface area (Å²) < 4.78 is 0. The molecule has 4 aromatic carbocycles. The van der Waals surface area contributed by atoms with Crippen LogP contribution in [0.15, 0.2) is 72.8 Å². The summed E-state index contributed by atoms with van der Waals surface area (Å²) in [6.07, 6.45) is 0.698. The fourth-order valence-corrected chi connectivity index (χ4v) is 7.87. The summed E-state index contributed by atoms with van der Waals surface area (Å²) in [5.74, 6) is -2.41. The first-order chi connectivity index (χ1) is 30.8. The number of amides is 4. The second kappa shape index (κ2) is 23.0. The summed E-state index contributed by atoms with van der Waals surface area (Å²) >= 11 is 11.2. The minimum atomic E-state index is -0.451. The average molecular weight is 912 g/mol. The fraction of sp³-hybridized carbons (Fsp3) is 0.333. The first-order valence-corrected chi connectivity index (χ1v) is 22.4. The molecule has 2 aliphatic rings. The third kappa shape index (κ3) is 11.4. The van der Waals surface area contributed by atoms with E-state index >= 15 is 0 Å². The van der Waals surface area contributed by atoms with Crippen LogP contribution in [0.4, 0.5) is 22.7 Å². The molecule has 0 fully saturated rings. The lowest BCUT2D eigenvalue weighted by molar-refractivity contribution is -0.117. The monoisotopic (exact) mass is 910 g/mol. The van der Waals surface area contributed by atoms with Gasteiger partial charge >= 0.3 is 0 Å². The van der Waals surface area contributed by atoms with Gasteiger partial charge < -0.3 is 31.1 Å². The Hall–Kier alpha value is -6.06. The summed E-state index contributed by atoms with van der Waals surface area (Å²) in [6, 6.07) is 19.1. The number of carbonyl (C=O) groups excluding carboxylic acids is 8. The van der Waals surface area contributed by atoms with Crippen LogP contribution in [-0.4, -0.2) is 108 Å². The summed E-state index contributed by atoms with van der Waals surface area (Å²) in [5, 5.41) is 10.9. The lowest BCUT2D eigenvalue weighted by Crippen LogP contribution is -2.29. The maximum atomic E-state index is 13.7. The van der Waals surface area contributed by atoms with Crippen molar-refractivity contribution in [3.05, 3.63) is 117 Å². The highest BCUT2D eigenvalue weighted by Gasteiger charge is 2.36. The van der Waals surface area contributed by atoms with E-state index in [2.05, 4.69) is 31.1 Å². The van der Waals surface area contributed by atoms with Crippen LogP contribution in [0.1, 0.15) is 117 Å². The average Bonchev–Trinajstić information content (AvgIpc) is 3.28. The number of halogens is 2. The van der Waals surface area contributed by atoms with Crippen molar-refractivity contribution in [1.29, 1.82) is 0 Å². The number of fused-ring (bicyclic) bond motifs is 4. The third-order valence-corrected chi connectivity index (χ3v) is 11.4. The van der Waals surface area contributed by atoms with Gasteiger partial charge in [0.1, 0.15) is 0 Å². The first-order valence-electron chi connectivity index (χ1n) is 21.3. The molecule has 0 aromatic heterocycles. The molecule has 336 valence electrons. The Morgan fingerprint density at radius 1 is 0.406 bits per heavy atom. The molecule has 0 saturated heterocycles. The smallest absolute Gasteiger partial charge is 0.225 e. The second-order valence-electron chi connectivity index (χ2n) is 14.9. The van der Waals surface area contributed by atoms with Crippen molar-refractivity contribution in [1.82, 2.24) is 9.80 Å². The highest BCUT2D eigenvalue weighted by Crippen LogP contribution is 2.37. The summed E-state index contributed by atoms with van der Waals surface area (Å²) in [7, 11) is 0. The standard InChI is InChI=1S/C28H36N4O4.C20H16Cl2N2O4/c1-5-31(6-2)17-15-23(33)29-21-13-9-11-19-25(21)28(36)26-20(27(19)35)12-10-14-22(26)30-24(34)16-18-32(7-3)8-4;21-9-7-15(25)23-13-5-1-3-11-17(13)20(28)18-12(19(11)27)4-2-6-14(18)24-16(26)8-10-22/h9-14H,5-8,15-18H2,1-4H3,(H,29,33)(H,30,34);1-6H,7-10H2,(H,23,25)(H,24,26). The predicted octanol–water partition coefficient (Wildman–Crippen LogP) is 7.40. The molecule has 0 aliphatic heterocycles. The van der Waals surface area contributed by atoms with Crippen molar-refractivity contribution in [2.24, 2.45) is 0 Å². The van der Waals surface area contributed by atoms with Gasteiger partial charge in [-0.15, -0.1) is 23.2 Å². The van der Waals surface area contributed by atoms with Gasteiger partial charge in [-0.05, 0) is 50.4 Å². The number of hydrogen-bond acceptors (Lipinski definition) is 10. The van der Waals surface area contributed by atoms with E-state index in [0.29, 0.717) is 24.5 Å². The summed E-state index contributed by atoms with van der Waals surface area (Å²) in [5.41, 5.74) is 2.51. The molecule has 0 spiro atoms. The Bertz CT molecular complexity index is 2300. The SMILES string of the molecule is CCN(CC)CCC(=O)Nc1cccc2c1C(=O)c1c(NC(=O)CCN(CC)CC)cccc1C2=O.O=C(CCCl)Nc1cccc2c1C(=O)c1c(NC(=O)CCCl)cccc1C2=O. The van der Waals surface area contributed by atoms with Crippen LogP contribution >= 0.6 is 23.2 Å². The van der Waals surface area contributed by atoms with Crippen molar-refractivity contribution >= 4 is 92.7 Å². The summed E-state index contributed by atoms with van der Waals surface area (Å²) in [6.45, 7) is 12.7. The van der Waals surface area contributed by atoms with Crippen LogP contribution < -0.4 is 21.3 Å². The molecule has 0 heterocycles. The van der Waals surface area contributed by atoms with Gasteiger partial charge in [-0.3, -0.25) is 38.4 Å². The van der Waals surface area contributed by atoms with Gasteiger partial charge in [0.2, 0.25) is 23.6 Å². The molecule has 6 rings (SSSR count). The third-order valence-electron chi connectivity index (χ3n) is 11.0. The van der Waals surface area contributed by atoms with Crippen molar-refractivity contribution < 1.29 is 38.4 Å². The quantitative estimate of drug-likeness (QED) is 0.0633. The molecule has 0 unspecified atom stereocenters. The van der Waals surface area contributed by atoms with Crippen molar-refractivity contribution in [3.8, 4) is 0 Å². The van der Waals surface area contributed by atoms with Gasteiger partial charge in [0.25, 0.3) is 0 Å². The van der Waals surface area contributed by atoms with Crippen LogP contribution in [0.5, 0.6) is 0 Å². The molecular formula is C48H52Cl2N6O8. The number of nitrogens with one attached hydrogen (secondary N) is 4. The topological polar surface area (TPSA) is 191 Å². The zero-order valence-electron chi connectivity index (χ0n) is 36.3. The largest absolute Gasteiger partial charge is 0.325 e. The number of alkyl halides is 2. The van der Waals surface area contributed by atoms with Crippen LogP contribution in [0.2, 0.25) is 0 Å². The first kappa shape index (κ1) is 49.0. The van der Waals surface area contributed by atoms with Crippen LogP contribution in [0, 0.1) is 0 Å². The van der Waals surface area contributed by atoms with Crippen molar-refractivity contribution in [2.45, 2.75) is 53.4 Å². The normalized spacial score (nSPS) is 12.4. The number of nitrogens with zero attached hydrogens (tertiary/aromatic N) is 2. The van der Waals surface area contributed by atoms with E-state index in [0.717, 1.165) is 26.2 Å². The van der Waals surface area contributed by atoms with Crippen LogP contribution in [-0.2, 0) is 19.2 Å². The molecule has 4 N–H and O–H groups in total. The van der Waals surface area contributed by atoms with E-state index in [1.807, 2.05) is 27.7 Å². The van der Waals surface area contributed by atoms with Crippen LogP contribution in [0.3, 0.4) is 0 Å². The van der Waals surface area contributed by atoms with E-state index in [4.69, 9.17) is 23.2 Å². The van der Waals surface area contributed by atoms with Gasteiger partial charge in [-0.25, -0.2) is 0 Å². The second-order valence-corrected chi connectivity index (χ2v) is 15.6. The number of ketones is 4. The van der Waals surface area contributed by atoms with Gasteiger partial charge in [-0.2, -0.15) is 0 Å². The number of rotatable bonds is 18. The minimum Gasteiger partial charge on any atom is -0.325 e.